The van der Waals surface area contributed by atoms with Crippen molar-refractivity contribution >= 4 is 29.6 Å². The molecule has 0 unspecified atom stereocenters. The Balaban J connectivity index is 1.47. The van der Waals surface area contributed by atoms with Gasteiger partial charge in [0.25, 0.3) is 0 Å². The molecule has 0 aliphatic carbocycles. The van der Waals surface area contributed by atoms with Gasteiger partial charge in [0, 0.05) is 31.1 Å². The van der Waals surface area contributed by atoms with E-state index in [0.29, 0.717) is 43.5 Å². The molecule has 5 rings (SSSR count). The fourth-order valence-electron chi connectivity index (χ4n) is 5.30. The molecule has 3 N–H and O–H groups in total. The SMILES string of the molecule is COc1cc(-n2cnc(Nc3nc4c(c(N5CCC[C@H]5C(N)=O)n3)CN(C(=O)OC(C)(C)C)CC4)c2)cc(C)c1C. The highest BCUT2D eigenvalue weighted by molar-refractivity contribution is 5.84. The lowest BCUT2D eigenvalue weighted by Gasteiger charge is -2.34. The van der Waals surface area contributed by atoms with Crippen molar-refractivity contribution in [1.29, 1.82) is 0 Å². The van der Waals surface area contributed by atoms with Crippen LogP contribution in [-0.2, 0) is 22.5 Å². The molecule has 0 radical (unpaired) electrons. The van der Waals surface area contributed by atoms with Crippen molar-refractivity contribution in [2.24, 2.45) is 5.73 Å². The van der Waals surface area contributed by atoms with E-state index < -0.39 is 23.6 Å². The number of anilines is 3. The minimum Gasteiger partial charge on any atom is -0.496 e. The third kappa shape index (κ3) is 5.91. The van der Waals surface area contributed by atoms with Gasteiger partial charge in [-0.25, -0.2) is 14.8 Å². The van der Waals surface area contributed by atoms with Gasteiger partial charge in [-0.1, -0.05) is 0 Å². The molecule has 1 aromatic carbocycles. The van der Waals surface area contributed by atoms with Crippen molar-refractivity contribution in [3.8, 4) is 11.4 Å². The topological polar surface area (TPSA) is 141 Å². The van der Waals surface area contributed by atoms with Crippen LogP contribution < -0.4 is 20.7 Å². The number of fused-ring (bicyclic) bond motifs is 1. The molecule has 2 aliphatic rings. The van der Waals surface area contributed by atoms with Crippen LogP contribution in [-0.4, -0.2) is 68.3 Å². The van der Waals surface area contributed by atoms with Gasteiger partial charge >= 0.3 is 6.09 Å². The zero-order chi connectivity index (χ0) is 29.5. The van der Waals surface area contributed by atoms with Gasteiger partial charge in [-0.15, -0.1) is 0 Å². The number of amides is 2. The number of aryl methyl sites for hydroxylation is 1. The Hall–Kier alpha value is -4.35. The second kappa shape index (κ2) is 10.9. The van der Waals surface area contributed by atoms with E-state index in [4.69, 9.17) is 25.2 Å². The van der Waals surface area contributed by atoms with E-state index in [0.717, 1.165) is 40.2 Å². The standard InChI is InChI=1S/C29H38N8O4/c1-17-12-19(13-23(40-6)18(17)2)36-15-24(31-16-36)33-27-32-21-9-11-35(28(39)41-29(3,4)5)14-20(21)26(34-27)37-10-7-8-22(37)25(30)38/h12-13,15-16,22H,7-11,14H2,1-6H3,(H2,30,38)(H,32,33,34)/t22-/m0/s1. The second-order valence-corrected chi connectivity index (χ2v) is 11.6. The van der Waals surface area contributed by atoms with Crippen molar-refractivity contribution in [2.75, 3.05) is 30.4 Å². The fraction of sp³-hybridized carbons (Fsp3) is 0.483. The maximum atomic E-state index is 12.9. The summed E-state index contributed by atoms with van der Waals surface area (Å²) in [5.74, 6) is 1.94. The fourth-order valence-corrected chi connectivity index (χ4v) is 5.30. The first-order chi connectivity index (χ1) is 19.4. The van der Waals surface area contributed by atoms with Crippen molar-refractivity contribution in [1.82, 2.24) is 24.4 Å². The third-order valence-electron chi connectivity index (χ3n) is 7.49. The Labute approximate surface area is 239 Å². The molecule has 0 bridgehead atoms. The maximum Gasteiger partial charge on any atom is 0.410 e. The van der Waals surface area contributed by atoms with Gasteiger partial charge in [0.2, 0.25) is 11.9 Å². The summed E-state index contributed by atoms with van der Waals surface area (Å²) >= 11 is 0. The quantitative estimate of drug-likeness (QED) is 0.459. The van der Waals surface area contributed by atoms with Gasteiger partial charge in [-0.2, -0.15) is 4.98 Å². The van der Waals surface area contributed by atoms with E-state index >= 15 is 0 Å². The van der Waals surface area contributed by atoms with Gasteiger partial charge in [-0.05, 0) is 64.7 Å². The third-order valence-corrected chi connectivity index (χ3v) is 7.49. The highest BCUT2D eigenvalue weighted by atomic mass is 16.6. The number of nitrogens with two attached hydrogens (primary N) is 1. The zero-order valence-electron chi connectivity index (χ0n) is 24.5. The monoisotopic (exact) mass is 562 g/mol. The molecular weight excluding hydrogens is 524 g/mol. The van der Waals surface area contributed by atoms with Crippen LogP contribution in [0.25, 0.3) is 5.69 Å². The summed E-state index contributed by atoms with van der Waals surface area (Å²) in [4.78, 5) is 42.9. The highest BCUT2D eigenvalue weighted by Gasteiger charge is 2.35. The van der Waals surface area contributed by atoms with E-state index in [2.05, 4.69) is 16.4 Å². The molecule has 0 spiro atoms. The van der Waals surface area contributed by atoms with E-state index in [1.165, 1.54) is 0 Å². The van der Waals surface area contributed by atoms with Crippen LogP contribution in [0.3, 0.4) is 0 Å². The number of carbonyl (C=O) groups is 2. The van der Waals surface area contributed by atoms with Crippen LogP contribution in [0.2, 0.25) is 0 Å². The number of benzene rings is 1. The maximum absolute atomic E-state index is 12.9. The molecule has 2 amide bonds. The molecule has 12 heteroatoms. The molecular formula is C29H38N8O4. The smallest absolute Gasteiger partial charge is 0.410 e. The number of carbonyl (C=O) groups excluding carboxylic acids is 2. The summed E-state index contributed by atoms with van der Waals surface area (Å²) in [6.45, 7) is 11.0. The number of ether oxygens (including phenoxy) is 2. The van der Waals surface area contributed by atoms with Crippen molar-refractivity contribution in [3.05, 3.63) is 47.0 Å². The number of methoxy groups -OCH3 is 1. The van der Waals surface area contributed by atoms with Crippen molar-refractivity contribution in [3.63, 3.8) is 0 Å². The summed E-state index contributed by atoms with van der Waals surface area (Å²) in [5, 5.41) is 3.24. The summed E-state index contributed by atoms with van der Waals surface area (Å²) in [5.41, 5.74) is 9.88. The Bertz CT molecular complexity index is 1480. The number of hydrogen-bond donors (Lipinski definition) is 2. The second-order valence-electron chi connectivity index (χ2n) is 11.6. The summed E-state index contributed by atoms with van der Waals surface area (Å²) in [6.07, 6.45) is 5.17. The Morgan fingerprint density at radius 3 is 2.63 bits per heavy atom. The first-order valence-corrected chi connectivity index (χ1v) is 13.8. The number of aromatic nitrogens is 4. The summed E-state index contributed by atoms with van der Waals surface area (Å²) in [6, 6.07) is 3.57. The number of hydrogen-bond acceptors (Lipinski definition) is 9. The predicted molar refractivity (Wildman–Crippen MR) is 155 cm³/mol. The van der Waals surface area contributed by atoms with Gasteiger partial charge in [0.05, 0.1) is 31.2 Å². The minimum absolute atomic E-state index is 0.283. The van der Waals surface area contributed by atoms with E-state index in [-0.39, 0.29) is 6.54 Å². The Morgan fingerprint density at radius 1 is 1.15 bits per heavy atom. The normalized spacial score (nSPS) is 16.9. The van der Waals surface area contributed by atoms with Gasteiger partial charge in [-0.3, -0.25) is 4.79 Å². The summed E-state index contributed by atoms with van der Waals surface area (Å²) < 4.78 is 13.1. The lowest BCUT2D eigenvalue weighted by atomic mass is 10.1. The average molecular weight is 563 g/mol. The van der Waals surface area contributed by atoms with Crippen molar-refractivity contribution in [2.45, 2.75) is 72.1 Å². The number of rotatable bonds is 6. The molecule has 4 heterocycles. The van der Waals surface area contributed by atoms with E-state index in [9.17, 15) is 9.59 Å². The molecule has 1 fully saturated rings. The lowest BCUT2D eigenvalue weighted by Crippen LogP contribution is -2.44. The lowest BCUT2D eigenvalue weighted by molar-refractivity contribution is -0.119. The van der Waals surface area contributed by atoms with Crippen molar-refractivity contribution < 1.29 is 19.1 Å². The molecule has 12 nitrogen and oxygen atoms in total. The number of imidazole rings is 1. The van der Waals surface area contributed by atoms with Gasteiger partial charge in [0.1, 0.15) is 29.5 Å². The molecule has 3 aromatic rings. The largest absolute Gasteiger partial charge is 0.496 e. The first-order valence-electron chi connectivity index (χ1n) is 13.8. The number of nitrogens with zero attached hydrogens (tertiary/aromatic N) is 6. The summed E-state index contributed by atoms with van der Waals surface area (Å²) in [7, 11) is 1.66. The highest BCUT2D eigenvalue weighted by Crippen LogP contribution is 2.34. The molecule has 2 aromatic heterocycles. The van der Waals surface area contributed by atoms with Crippen LogP contribution in [0.15, 0.2) is 24.7 Å². The number of primary amides is 1. The Kier molecular flexibility index (Phi) is 7.50. The molecule has 0 saturated carbocycles. The van der Waals surface area contributed by atoms with Crippen LogP contribution in [0.5, 0.6) is 5.75 Å². The molecule has 41 heavy (non-hydrogen) atoms. The average Bonchev–Trinajstić information content (AvgIpc) is 3.59. The number of nitrogens with one attached hydrogen (secondary N) is 1. The van der Waals surface area contributed by atoms with E-state index in [1.54, 1.807) is 18.3 Å². The first kappa shape index (κ1) is 28.2. The molecule has 1 saturated heterocycles. The molecule has 2 aliphatic heterocycles. The van der Waals surface area contributed by atoms with Crippen LogP contribution >= 0.6 is 0 Å². The Morgan fingerprint density at radius 2 is 1.93 bits per heavy atom. The minimum atomic E-state index is -0.609. The van der Waals surface area contributed by atoms with Crippen LogP contribution in [0.4, 0.5) is 22.4 Å². The predicted octanol–water partition coefficient (Wildman–Crippen LogP) is 3.78. The van der Waals surface area contributed by atoms with Crippen LogP contribution in [0.1, 0.15) is 56.0 Å². The van der Waals surface area contributed by atoms with Crippen LogP contribution in [0, 0.1) is 13.8 Å². The zero-order valence-corrected chi connectivity index (χ0v) is 24.5. The van der Waals surface area contributed by atoms with Gasteiger partial charge in [0.15, 0.2) is 5.82 Å². The molecule has 218 valence electrons. The molecule has 1 atom stereocenters. The van der Waals surface area contributed by atoms with E-state index in [1.807, 2.05) is 56.3 Å². The van der Waals surface area contributed by atoms with Gasteiger partial charge < -0.3 is 34.9 Å².